The number of amides is 1. The third kappa shape index (κ3) is 9.05. The first-order valence-electron chi connectivity index (χ1n) is 11.1. The Morgan fingerprint density at radius 3 is 2.26 bits per heavy atom. The highest BCUT2D eigenvalue weighted by Gasteiger charge is 2.30. The molecule has 0 fully saturated rings. The lowest BCUT2D eigenvalue weighted by Crippen LogP contribution is -2.37. The van der Waals surface area contributed by atoms with Crippen molar-refractivity contribution in [3.05, 3.63) is 65.2 Å². The van der Waals surface area contributed by atoms with Gasteiger partial charge in [0.1, 0.15) is 5.75 Å². The summed E-state index contributed by atoms with van der Waals surface area (Å²) >= 11 is 0. The van der Waals surface area contributed by atoms with Crippen molar-refractivity contribution in [2.24, 2.45) is 5.10 Å². The number of nitrogens with zero attached hydrogens (tertiary/aromatic N) is 1. The van der Waals surface area contributed by atoms with Crippen molar-refractivity contribution in [1.82, 2.24) is 5.43 Å². The number of carboxylic acids is 1. The molecule has 1 atom stereocenters. The first-order valence-corrected chi connectivity index (χ1v) is 11.1. The molecule has 2 aromatic rings. The van der Waals surface area contributed by atoms with E-state index in [1.54, 1.807) is 24.3 Å². The van der Waals surface area contributed by atoms with Gasteiger partial charge in [-0.05, 0) is 62.2 Å². The number of carboxylic acid groups (broad SMARTS) is 1. The fraction of sp³-hybridized carbons (Fsp3) is 0.400. The van der Waals surface area contributed by atoms with Crippen molar-refractivity contribution in [1.29, 1.82) is 0 Å². The maximum atomic E-state index is 12.7. The van der Waals surface area contributed by atoms with Crippen LogP contribution in [0.4, 0.5) is 13.2 Å². The predicted molar refractivity (Wildman–Crippen MR) is 124 cm³/mol. The van der Waals surface area contributed by atoms with Gasteiger partial charge in [-0.1, -0.05) is 31.9 Å². The number of alkyl halides is 3. The number of hydrogen-bond acceptors (Lipinski definition) is 5. The molecule has 2 aromatic carbocycles. The van der Waals surface area contributed by atoms with Crippen LogP contribution < -0.4 is 10.2 Å². The molecular weight excluding hydrogens is 465 g/mol. The molecule has 190 valence electrons. The average molecular weight is 495 g/mol. The number of halogens is 3. The Morgan fingerprint density at radius 1 is 1.09 bits per heavy atom. The van der Waals surface area contributed by atoms with E-state index >= 15 is 0 Å². The minimum absolute atomic E-state index is 0.0505. The summed E-state index contributed by atoms with van der Waals surface area (Å²) in [6.07, 6.45) is -0.976. The molecule has 0 aliphatic rings. The van der Waals surface area contributed by atoms with Crippen LogP contribution in [0.15, 0.2) is 53.6 Å². The minimum Gasteiger partial charge on any atom is -0.478 e. The van der Waals surface area contributed by atoms with Gasteiger partial charge >= 0.3 is 12.1 Å². The molecule has 0 aromatic heterocycles. The summed E-state index contributed by atoms with van der Waals surface area (Å²) in [5.74, 6) is -1.30. The Hall–Kier alpha value is -3.40. The molecule has 0 spiro atoms. The van der Waals surface area contributed by atoms with Gasteiger partial charge in [-0.25, -0.2) is 10.2 Å². The normalized spacial score (nSPS) is 13.0. The zero-order chi connectivity index (χ0) is 26.1. The molecular formula is C25H29F3N2O5. The lowest BCUT2D eigenvalue weighted by Gasteiger charge is -2.21. The first kappa shape index (κ1) is 27.8. The summed E-state index contributed by atoms with van der Waals surface area (Å²) in [4.78, 5) is 23.3. The summed E-state index contributed by atoms with van der Waals surface area (Å²) in [7, 11) is 0. The smallest absolute Gasteiger partial charge is 0.416 e. The number of carbonyl (C=O) groups is 2. The molecule has 0 saturated heterocycles. The van der Waals surface area contributed by atoms with E-state index in [1.165, 1.54) is 20.1 Å². The lowest BCUT2D eigenvalue weighted by atomic mass is 10.1. The van der Waals surface area contributed by atoms with Gasteiger partial charge in [0.15, 0.2) is 5.60 Å². The maximum Gasteiger partial charge on any atom is 0.416 e. The van der Waals surface area contributed by atoms with Crippen molar-refractivity contribution in [2.45, 2.75) is 64.5 Å². The molecule has 2 N–H and O–H groups in total. The number of rotatable bonds is 12. The number of unbranched alkanes of at least 4 members (excludes halogenated alkanes) is 1. The van der Waals surface area contributed by atoms with Crippen LogP contribution >= 0.6 is 0 Å². The van der Waals surface area contributed by atoms with Crippen LogP contribution in [0, 0.1) is 0 Å². The van der Waals surface area contributed by atoms with Crippen LogP contribution in [0.3, 0.4) is 0 Å². The summed E-state index contributed by atoms with van der Waals surface area (Å²) in [5, 5.41) is 13.1. The molecule has 1 amide bonds. The predicted octanol–water partition coefficient (Wildman–Crippen LogP) is 5.44. The summed E-state index contributed by atoms with van der Waals surface area (Å²) < 4.78 is 49.3. The van der Waals surface area contributed by atoms with E-state index in [1.807, 2.05) is 6.92 Å². The maximum absolute atomic E-state index is 12.7. The van der Waals surface area contributed by atoms with Gasteiger partial charge in [-0.15, -0.1) is 0 Å². The minimum atomic E-state index is -4.47. The Bertz CT molecular complexity index is 1000. The second-order valence-corrected chi connectivity index (χ2v) is 8.35. The highest BCUT2D eigenvalue weighted by Crippen LogP contribution is 2.29. The van der Waals surface area contributed by atoms with E-state index in [0.29, 0.717) is 12.2 Å². The quantitative estimate of drug-likeness (QED) is 0.303. The number of hydrazone groups is 1. The zero-order valence-corrected chi connectivity index (χ0v) is 19.8. The topological polar surface area (TPSA) is 97.2 Å². The van der Waals surface area contributed by atoms with Crippen LogP contribution in [0.2, 0.25) is 0 Å². The fourth-order valence-corrected chi connectivity index (χ4v) is 2.86. The van der Waals surface area contributed by atoms with E-state index in [4.69, 9.17) is 14.6 Å². The zero-order valence-electron chi connectivity index (χ0n) is 19.8. The highest BCUT2D eigenvalue weighted by atomic mass is 19.4. The molecule has 0 aliphatic heterocycles. The van der Waals surface area contributed by atoms with E-state index in [2.05, 4.69) is 10.5 Å². The second-order valence-electron chi connectivity index (χ2n) is 8.35. The number of benzene rings is 2. The van der Waals surface area contributed by atoms with Gasteiger partial charge in [0.25, 0.3) is 5.91 Å². The van der Waals surface area contributed by atoms with Crippen LogP contribution in [0.25, 0.3) is 0 Å². The summed E-state index contributed by atoms with van der Waals surface area (Å²) in [6, 6.07) is 10.7. The van der Waals surface area contributed by atoms with Crippen LogP contribution in [0.1, 0.15) is 61.5 Å². The SMILES string of the molecule is CCCCC(/C=N/NC(=O)c1ccc(C(F)(F)F)cc1)OCc1ccc(OC(C)(C)C(=O)O)cc1. The number of ether oxygens (including phenoxy) is 2. The number of nitrogens with one attached hydrogen (secondary N) is 1. The Kier molecular flexibility index (Phi) is 9.82. The number of carbonyl (C=O) groups excluding carboxylic acids is 1. The largest absolute Gasteiger partial charge is 0.478 e. The van der Waals surface area contributed by atoms with Crippen molar-refractivity contribution in [3.8, 4) is 5.75 Å². The molecule has 0 aliphatic carbocycles. The van der Waals surface area contributed by atoms with Gasteiger partial charge in [-0.3, -0.25) is 4.79 Å². The highest BCUT2D eigenvalue weighted by molar-refractivity contribution is 5.94. The Morgan fingerprint density at radius 2 is 1.71 bits per heavy atom. The van der Waals surface area contributed by atoms with Crippen LogP contribution in [-0.2, 0) is 22.3 Å². The standard InChI is InChI=1S/C25H29F3N2O5/c1-4-5-6-21(15-29-30-22(31)18-9-11-19(12-10-18)25(26,27)28)34-16-17-7-13-20(14-8-17)35-24(2,3)23(32)33/h7-15,21H,4-6,16H2,1-3H3,(H,30,31)(H,32,33)/b29-15+. The third-order valence-corrected chi connectivity index (χ3v) is 5.00. The van der Waals surface area contributed by atoms with E-state index < -0.39 is 35.3 Å². The van der Waals surface area contributed by atoms with Crippen molar-refractivity contribution < 1.29 is 37.3 Å². The second kappa shape index (κ2) is 12.3. The molecule has 2 rings (SSSR count). The molecule has 0 heterocycles. The molecule has 35 heavy (non-hydrogen) atoms. The van der Waals surface area contributed by atoms with Gasteiger partial charge in [0.05, 0.1) is 24.5 Å². The van der Waals surface area contributed by atoms with E-state index in [0.717, 1.165) is 42.7 Å². The molecule has 10 heteroatoms. The monoisotopic (exact) mass is 494 g/mol. The Balaban J connectivity index is 1.93. The fourth-order valence-electron chi connectivity index (χ4n) is 2.86. The van der Waals surface area contributed by atoms with Crippen molar-refractivity contribution in [2.75, 3.05) is 0 Å². The molecule has 1 unspecified atom stereocenters. The van der Waals surface area contributed by atoms with Gasteiger partial charge in [0.2, 0.25) is 0 Å². The van der Waals surface area contributed by atoms with Crippen molar-refractivity contribution >= 4 is 18.1 Å². The third-order valence-electron chi connectivity index (χ3n) is 5.00. The molecule has 0 radical (unpaired) electrons. The number of aliphatic carboxylic acids is 1. The van der Waals surface area contributed by atoms with Crippen molar-refractivity contribution in [3.63, 3.8) is 0 Å². The molecule has 0 saturated carbocycles. The molecule has 0 bridgehead atoms. The molecule has 7 nitrogen and oxygen atoms in total. The van der Waals surface area contributed by atoms with E-state index in [9.17, 15) is 22.8 Å². The first-order chi connectivity index (χ1) is 16.4. The lowest BCUT2D eigenvalue weighted by molar-refractivity contribution is -0.152. The van der Waals surface area contributed by atoms with Crippen LogP contribution in [-0.4, -0.2) is 34.9 Å². The van der Waals surface area contributed by atoms with Gasteiger partial charge < -0.3 is 14.6 Å². The average Bonchev–Trinajstić information content (AvgIpc) is 2.80. The number of hydrogen-bond donors (Lipinski definition) is 2. The summed E-state index contributed by atoms with van der Waals surface area (Å²) in [6.45, 7) is 5.19. The Labute approximate surface area is 201 Å². The van der Waals surface area contributed by atoms with Gasteiger partial charge in [0, 0.05) is 5.56 Å². The van der Waals surface area contributed by atoms with Gasteiger partial charge in [-0.2, -0.15) is 18.3 Å². The summed E-state index contributed by atoms with van der Waals surface area (Å²) in [5.41, 5.74) is 0.990. The van der Waals surface area contributed by atoms with E-state index in [-0.39, 0.29) is 12.2 Å². The van der Waals surface area contributed by atoms with Crippen LogP contribution in [0.5, 0.6) is 5.75 Å².